The minimum absolute atomic E-state index is 0.419. The van der Waals surface area contributed by atoms with E-state index in [9.17, 15) is 0 Å². The van der Waals surface area contributed by atoms with Crippen LogP contribution in [0.5, 0.6) is 0 Å². The summed E-state index contributed by atoms with van der Waals surface area (Å²) >= 11 is 0. The number of hydrogen-bond acceptors (Lipinski definition) is 1. The lowest BCUT2D eigenvalue weighted by Crippen LogP contribution is -2.03. The molecule has 0 unspecified atom stereocenters. The first-order valence-corrected chi connectivity index (χ1v) is 6.58. The fraction of sp³-hybridized carbons (Fsp3) is 0.533. The average Bonchev–Trinajstić information content (AvgIpc) is 2.71. The van der Waals surface area contributed by atoms with E-state index in [1.165, 1.54) is 16.6 Å². The van der Waals surface area contributed by atoms with Crippen molar-refractivity contribution < 1.29 is 0 Å². The highest BCUT2D eigenvalue weighted by Crippen LogP contribution is 2.26. The van der Waals surface area contributed by atoms with Crippen LogP contribution in [0.4, 0.5) is 0 Å². The molecule has 94 valence electrons. The quantitative estimate of drug-likeness (QED) is 0.729. The number of benzene rings is 1. The molecule has 2 nitrogen and oxygen atoms in total. The van der Waals surface area contributed by atoms with E-state index in [2.05, 4.69) is 56.6 Å². The number of rotatable bonds is 2. The van der Waals surface area contributed by atoms with Crippen LogP contribution in [0.25, 0.3) is 10.9 Å². The van der Waals surface area contributed by atoms with E-state index in [0.29, 0.717) is 12.0 Å². The highest BCUT2D eigenvalue weighted by atomic mass is 15.3. The van der Waals surface area contributed by atoms with Gasteiger partial charge in [-0.2, -0.15) is 5.10 Å². The minimum atomic E-state index is 0.419. The first kappa shape index (κ1) is 13.8. The van der Waals surface area contributed by atoms with Crippen LogP contribution in [0.2, 0.25) is 0 Å². The molecular formula is C15H24N2. The molecule has 1 aromatic heterocycles. The maximum Gasteiger partial charge on any atom is 0.0728 e. The Labute approximate surface area is 105 Å². The van der Waals surface area contributed by atoms with Gasteiger partial charge in [0.1, 0.15) is 0 Å². The van der Waals surface area contributed by atoms with Crippen molar-refractivity contribution in [2.45, 2.75) is 53.5 Å². The SMILES string of the molecule is CC.CC(C)c1nn(C(C)C)c2ccccc12. The van der Waals surface area contributed by atoms with Gasteiger partial charge in [-0.05, 0) is 25.8 Å². The second kappa shape index (κ2) is 5.85. The van der Waals surface area contributed by atoms with Crippen molar-refractivity contribution >= 4 is 10.9 Å². The molecule has 2 heteroatoms. The van der Waals surface area contributed by atoms with Gasteiger partial charge in [0.15, 0.2) is 0 Å². The Kier molecular flexibility index (Phi) is 4.73. The molecule has 0 saturated carbocycles. The molecule has 0 aliphatic rings. The Morgan fingerprint density at radius 3 is 2.12 bits per heavy atom. The van der Waals surface area contributed by atoms with Crippen molar-refractivity contribution in [3.05, 3.63) is 30.0 Å². The fourth-order valence-electron chi connectivity index (χ4n) is 1.93. The Balaban J connectivity index is 0.000000686. The van der Waals surface area contributed by atoms with Gasteiger partial charge in [0, 0.05) is 11.4 Å². The number of hydrogen-bond donors (Lipinski definition) is 0. The van der Waals surface area contributed by atoms with Crippen molar-refractivity contribution in [2.24, 2.45) is 0 Å². The highest BCUT2D eigenvalue weighted by molar-refractivity contribution is 5.82. The summed E-state index contributed by atoms with van der Waals surface area (Å²) in [6, 6.07) is 8.89. The highest BCUT2D eigenvalue weighted by Gasteiger charge is 2.13. The van der Waals surface area contributed by atoms with Gasteiger partial charge in [0.2, 0.25) is 0 Å². The summed E-state index contributed by atoms with van der Waals surface area (Å²) in [5.41, 5.74) is 2.45. The van der Waals surface area contributed by atoms with Gasteiger partial charge >= 0.3 is 0 Å². The van der Waals surface area contributed by atoms with Crippen LogP contribution in [-0.4, -0.2) is 9.78 Å². The lowest BCUT2D eigenvalue weighted by molar-refractivity contribution is 0.539. The molecule has 2 aromatic rings. The van der Waals surface area contributed by atoms with Gasteiger partial charge in [-0.25, -0.2) is 0 Å². The molecule has 0 bridgehead atoms. The molecule has 0 atom stereocenters. The zero-order chi connectivity index (χ0) is 13.0. The van der Waals surface area contributed by atoms with Crippen molar-refractivity contribution in [2.75, 3.05) is 0 Å². The van der Waals surface area contributed by atoms with Crippen LogP contribution in [0, 0.1) is 0 Å². The summed E-state index contributed by atoms with van der Waals surface area (Å²) in [5.74, 6) is 0.481. The number of para-hydroxylation sites is 1. The zero-order valence-electron chi connectivity index (χ0n) is 11.9. The molecule has 0 fully saturated rings. The summed E-state index contributed by atoms with van der Waals surface area (Å²) in [7, 11) is 0. The third-order valence-electron chi connectivity index (χ3n) is 2.68. The van der Waals surface area contributed by atoms with Crippen LogP contribution < -0.4 is 0 Å². The van der Waals surface area contributed by atoms with Gasteiger partial charge in [-0.15, -0.1) is 0 Å². The van der Waals surface area contributed by atoms with E-state index < -0.39 is 0 Å². The predicted octanol–water partition coefficient (Wildman–Crippen LogP) is 4.77. The molecule has 1 aromatic carbocycles. The van der Waals surface area contributed by atoms with Gasteiger partial charge < -0.3 is 0 Å². The van der Waals surface area contributed by atoms with Gasteiger partial charge in [-0.1, -0.05) is 45.9 Å². The molecule has 17 heavy (non-hydrogen) atoms. The van der Waals surface area contributed by atoms with Crippen molar-refractivity contribution in [1.29, 1.82) is 0 Å². The van der Waals surface area contributed by atoms with Crippen molar-refractivity contribution in [3.8, 4) is 0 Å². The zero-order valence-corrected chi connectivity index (χ0v) is 11.9. The fourth-order valence-corrected chi connectivity index (χ4v) is 1.93. The molecule has 0 spiro atoms. The van der Waals surface area contributed by atoms with Crippen LogP contribution in [0.3, 0.4) is 0 Å². The molecule has 0 radical (unpaired) electrons. The standard InChI is InChI=1S/C13H18N2.C2H6/c1-9(2)13-11-7-5-6-8-12(11)15(14-13)10(3)4;1-2/h5-10H,1-4H3;1-2H3. The largest absolute Gasteiger partial charge is 0.262 e. The second-order valence-corrected chi connectivity index (χ2v) is 4.60. The summed E-state index contributed by atoms with van der Waals surface area (Å²) in [4.78, 5) is 0. The van der Waals surface area contributed by atoms with Gasteiger partial charge in [-0.3, -0.25) is 4.68 Å². The topological polar surface area (TPSA) is 17.8 Å². The van der Waals surface area contributed by atoms with E-state index in [-0.39, 0.29) is 0 Å². The molecule has 0 aliphatic heterocycles. The summed E-state index contributed by atoms with van der Waals surface area (Å²) in [6.07, 6.45) is 0. The van der Waals surface area contributed by atoms with Crippen LogP contribution in [0.15, 0.2) is 24.3 Å². The third-order valence-corrected chi connectivity index (χ3v) is 2.68. The Bertz CT molecular complexity index is 425. The Morgan fingerprint density at radius 1 is 1.00 bits per heavy atom. The average molecular weight is 232 g/mol. The predicted molar refractivity (Wildman–Crippen MR) is 75.6 cm³/mol. The Morgan fingerprint density at radius 2 is 1.59 bits per heavy atom. The minimum Gasteiger partial charge on any atom is -0.262 e. The second-order valence-electron chi connectivity index (χ2n) is 4.60. The van der Waals surface area contributed by atoms with Crippen LogP contribution >= 0.6 is 0 Å². The number of fused-ring (bicyclic) bond motifs is 1. The van der Waals surface area contributed by atoms with Crippen LogP contribution in [-0.2, 0) is 0 Å². The monoisotopic (exact) mass is 232 g/mol. The van der Waals surface area contributed by atoms with E-state index in [1.807, 2.05) is 13.8 Å². The van der Waals surface area contributed by atoms with Crippen molar-refractivity contribution in [3.63, 3.8) is 0 Å². The maximum absolute atomic E-state index is 4.70. The molecule has 0 amide bonds. The third kappa shape index (κ3) is 2.68. The van der Waals surface area contributed by atoms with Gasteiger partial charge in [0.05, 0.1) is 11.2 Å². The summed E-state index contributed by atoms with van der Waals surface area (Å²) in [5, 5.41) is 6.00. The molecule has 0 saturated heterocycles. The molecule has 0 aliphatic carbocycles. The first-order valence-electron chi connectivity index (χ1n) is 6.58. The smallest absolute Gasteiger partial charge is 0.0728 e. The maximum atomic E-state index is 4.70. The van der Waals surface area contributed by atoms with E-state index in [1.54, 1.807) is 0 Å². The molecule has 1 heterocycles. The van der Waals surface area contributed by atoms with E-state index in [0.717, 1.165) is 0 Å². The lowest BCUT2D eigenvalue weighted by atomic mass is 10.1. The Hall–Kier alpha value is -1.31. The molecule has 0 N–H and O–H groups in total. The summed E-state index contributed by atoms with van der Waals surface area (Å²) in [6.45, 7) is 12.7. The van der Waals surface area contributed by atoms with Crippen molar-refractivity contribution in [1.82, 2.24) is 9.78 Å². The first-order chi connectivity index (χ1) is 8.11. The van der Waals surface area contributed by atoms with E-state index in [4.69, 9.17) is 5.10 Å². The number of aromatic nitrogens is 2. The normalized spacial score (nSPS) is 10.8. The molecular weight excluding hydrogens is 208 g/mol. The number of nitrogens with zero attached hydrogens (tertiary/aromatic N) is 2. The van der Waals surface area contributed by atoms with Crippen LogP contribution in [0.1, 0.15) is 59.2 Å². The lowest BCUT2D eigenvalue weighted by Gasteiger charge is -2.06. The van der Waals surface area contributed by atoms with E-state index >= 15 is 0 Å². The van der Waals surface area contributed by atoms with Gasteiger partial charge in [0.25, 0.3) is 0 Å². The molecule has 2 rings (SSSR count). The summed E-state index contributed by atoms with van der Waals surface area (Å²) < 4.78 is 2.12.